The summed E-state index contributed by atoms with van der Waals surface area (Å²) < 4.78 is 17.1. The van der Waals surface area contributed by atoms with E-state index in [4.69, 9.17) is 14.2 Å². The maximum atomic E-state index is 13.6. The molecule has 10 heteroatoms. The van der Waals surface area contributed by atoms with Crippen LogP contribution in [0.25, 0.3) is 5.76 Å². The van der Waals surface area contributed by atoms with Gasteiger partial charge in [-0.15, -0.1) is 0 Å². The number of amides is 1. The molecule has 9 nitrogen and oxygen atoms in total. The Balaban J connectivity index is 1.86. The van der Waals surface area contributed by atoms with Crippen LogP contribution in [0.1, 0.15) is 71.2 Å². The first-order valence-electron chi connectivity index (χ1n) is 14.2. The van der Waals surface area contributed by atoms with Gasteiger partial charge in [0.1, 0.15) is 17.2 Å². The first-order valence-corrected chi connectivity index (χ1v) is 15.1. The number of rotatable bonds is 13. The number of aliphatic hydroxyl groups is 1. The van der Waals surface area contributed by atoms with Crippen molar-refractivity contribution in [3.8, 4) is 11.5 Å². The summed E-state index contributed by atoms with van der Waals surface area (Å²) in [6.07, 6.45) is 4.43. The standard InChI is InChI=1S/C33H36N2O7S/c1-6-9-10-18-41-24-16-15-23(19-25(24)40-8-3)27-26(28(36)22-13-11-20(4)12-14-22)29(37)31(38)35(27)33-34-21(5)30(43-33)32(39)42-17-7-2/h7,11-16,19,27,36H,2,6,8-10,17-18H2,1,3-5H3/b28-26+. The zero-order valence-electron chi connectivity index (χ0n) is 24.8. The molecule has 3 aromatic rings. The zero-order chi connectivity index (χ0) is 31.1. The van der Waals surface area contributed by atoms with Crippen molar-refractivity contribution in [1.29, 1.82) is 0 Å². The molecular weight excluding hydrogens is 568 g/mol. The lowest BCUT2D eigenvalue weighted by atomic mass is 9.95. The Morgan fingerprint density at radius 3 is 2.49 bits per heavy atom. The Hall–Kier alpha value is -4.44. The summed E-state index contributed by atoms with van der Waals surface area (Å²) in [6, 6.07) is 11.1. The second-order valence-corrected chi connectivity index (χ2v) is 11.0. The largest absolute Gasteiger partial charge is 0.507 e. The van der Waals surface area contributed by atoms with Crippen molar-refractivity contribution in [3.05, 3.63) is 88.0 Å². The molecule has 1 amide bonds. The van der Waals surface area contributed by atoms with Crippen LogP contribution in [-0.4, -0.2) is 47.6 Å². The SMILES string of the molecule is C=CCOC(=O)c1sc(N2C(=O)C(=O)/C(=C(/O)c3ccc(C)cc3)C2c2ccc(OCCCCC)c(OCC)c2)nc1C. The Morgan fingerprint density at radius 1 is 1.07 bits per heavy atom. The van der Waals surface area contributed by atoms with Gasteiger partial charge in [0.25, 0.3) is 5.78 Å². The molecule has 4 rings (SSSR count). The lowest BCUT2D eigenvalue weighted by Gasteiger charge is -2.24. The van der Waals surface area contributed by atoms with Gasteiger partial charge in [0, 0.05) is 5.56 Å². The van der Waals surface area contributed by atoms with Gasteiger partial charge < -0.3 is 19.3 Å². The van der Waals surface area contributed by atoms with Crippen LogP contribution in [0.3, 0.4) is 0 Å². The highest BCUT2D eigenvalue weighted by molar-refractivity contribution is 7.17. The van der Waals surface area contributed by atoms with Crippen LogP contribution in [0.5, 0.6) is 11.5 Å². The highest BCUT2D eigenvalue weighted by Crippen LogP contribution is 2.45. The molecule has 2 aromatic carbocycles. The summed E-state index contributed by atoms with van der Waals surface area (Å²) in [5.41, 5.74) is 2.11. The molecule has 1 atom stereocenters. The maximum Gasteiger partial charge on any atom is 0.350 e. The van der Waals surface area contributed by atoms with Crippen molar-refractivity contribution >= 4 is 39.9 Å². The van der Waals surface area contributed by atoms with E-state index >= 15 is 0 Å². The summed E-state index contributed by atoms with van der Waals surface area (Å²) >= 11 is 0.937. The van der Waals surface area contributed by atoms with Crippen molar-refractivity contribution < 1.29 is 33.7 Å². The molecule has 0 radical (unpaired) electrons. The molecule has 1 N–H and O–H groups in total. The van der Waals surface area contributed by atoms with Crippen molar-refractivity contribution in [3.63, 3.8) is 0 Å². The average molecular weight is 605 g/mol. The molecule has 1 aliphatic heterocycles. The molecule has 0 spiro atoms. The number of Topliss-reactive ketones (excluding diaryl/α,β-unsaturated/α-hetero) is 1. The second kappa shape index (κ2) is 14.2. The molecule has 226 valence electrons. The van der Waals surface area contributed by atoms with Gasteiger partial charge in [0.2, 0.25) is 0 Å². The number of ketones is 1. The minimum Gasteiger partial charge on any atom is -0.507 e. The number of hydrogen-bond acceptors (Lipinski definition) is 9. The molecule has 1 aromatic heterocycles. The van der Waals surface area contributed by atoms with Crippen molar-refractivity contribution in [2.24, 2.45) is 0 Å². The predicted octanol–water partition coefficient (Wildman–Crippen LogP) is 6.70. The van der Waals surface area contributed by atoms with E-state index in [1.807, 2.05) is 26.0 Å². The number of unbranched alkanes of at least 4 members (excludes halogenated alkanes) is 2. The molecule has 1 fully saturated rings. The maximum absolute atomic E-state index is 13.6. The summed E-state index contributed by atoms with van der Waals surface area (Å²) in [7, 11) is 0. The van der Waals surface area contributed by atoms with Crippen molar-refractivity contribution in [1.82, 2.24) is 4.98 Å². The number of carbonyl (C=O) groups excluding carboxylic acids is 3. The number of hydrogen-bond donors (Lipinski definition) is 1. The van der Waals surface area contributed by atoms with E-state index in [9.17, 15) is 19.5 Å². The fraction of sp³-hybridized carbons (Fsp3) is 0.333. The average Bonchev–Trinajstić information content (AvgIpc) is 3.51. The van der Waals surface area contributed by atoms with Gasteiger partial charge >= 0.3 is 11.9 Å². The van der Waals surface area contributed by atoms with Crippen molar-refractivity contribution in [2.45, 2.75) is 53.0 Å². The number of nitrogens with zero attached hydrogens (tertiary/aromatic N) is 2. The molecule has 1 saturated heterocycles. The fourth-order valence-electron chi connectivity index (χ4n) is 4.70. The minimum atomic E-state index is -1.06. The van der Waals surface area contributed by atoms with Gasteiger partial charge in [-0.2, -0.15) is 0 Å². The lowest BCUT2D eigenvalue weighted by molar-refractivity contribution is -0.132. The van der Waals surface area contributed by atoms with Crippen LogP contribution in [0.2, 0.25) is 0 Å². The van der Waals surface area contributed by atoms with E-state index in [-0.39, 0.29) is 27.9 Å². The highest BCUT2D eigenvalue weighted by Gasteiger charge is 2.48. The van der Waals surface area contributed by atoms with E-state index in [0.29, 0.717) is 41.5 Å². The highest BCUT2D eigenvalue weighted by atomic mass is 32.1. The van der Waals surface area contributed by atoms with Crippen LogP contribution in [0.15, 0.2) is 60.7 Å². The first-order chi connectivity index (χ1) is 20.7. The predicted molar refractivity (Wildman–Crippen MR) is 166 cm³/mol. The number of benzene rings is 2. The number of ether oxygens (including phenoxy) is 3. The molecule has 0 saturated carbocycles. The number of carbonyl (C=O) groups is 3. The number of aromatic nitrogens is 1. The van der Waals surface area contributed by atoms with Gasteiger partial charge in [-0.3, -0.25) is 14.5 Å². The number of esters is 1. The third kappa shape index (κ3) is 6.80. The number of aryl methyl sites for hydroxylation is 2. The summed E-state index contributed by atoms with van der Waals surface area (Å²) in [6.45, 7) is 11.9. The summed E-state index contributed by atoms with van der Waals surface area (Å²) in [5.74, 6) is -1.70. The van der Waals surface area contributed by atoms with Gasteiger partial charge in [-0.05, 0) is 44.9 Å². The van der Waals surface area contributed by atoms with E-state index in [1.165, 1.54) is 11.0 Å². The monoisotopic (exact) mass is 604 g/mol. The Morgan fingerprint density at radius 2 is 1.81 bits per heavy atom. The first kappa shape index (κ1) is 31.5. The minimum absolute atomic E-state index is 0.0135. The van der Waals surface area contributed by atoms with Crippen LogP contribution in [-0.2, 0) is 14.3 Å². The number of aliphatic hydroxyl groups excluding tert-OH is 1. The molecular formula is C33H36N2O7S. The van der Waals surface area contributed by atoms with Gasteiger partial charge in [-0.1, -0.05) is 79.7 Å². The molecule has 43 heavy (non-hydrogen) atoms. The van der Waals surface area contributed by atoms with Gasteiger partial charge in [0.15, 0.2) is 16.6 Å². The van der Waals surface area contributed by atoms with Crippen LogP contribution in [0, 0.1) is 13.8 Å². The molecule has 1 unspecified atom stereocenters. The van der Waals surface area contributed by atoms with Gasteiger partial charge in [0.05, 0.1) is 30.5 Å². The van der Waals surface area contributed by atoms with Crippen LogP contribution in [0.4, 0.5) is 5.13 Å². The van der Waals surface area contributed by atoms with E-state index < -0.39 is 23.7 Å². The second-order valence-electron chi connectivity index (χ2n) is 10.0. The molecule has 1 aliphatic rings. The summed E-state index contributed by atoms with van der Waals surface area (Å²) in [5, 5.41) is 11.6. The van der Waals surface area contributed by atoms with Crippen molar-refractivity contribution in [2.75, 3.05) is 24.7 Å². The third-order valence-corrected chi connectivity index (χ3v) is 8.00. The zero-order valence-corrected chi connectivity index (χ0v) is 25.7. The Kier molecular flexibility index (Phi) is 10.4. The molecule has 0 aliphatic carbocycles. The molecule has 0 bridgehead atoms. The van der Waals surface area contributed by atoms with E-state index in [2.05, 4.69) is 18.5 Å². The lowest BCUT2D eigenvalue weighted by Crippen LogP contribution is -2.29. The fourth-order valence-corrected chi connectivity index (χ4v) is 5.69. The van der Waals surface area contributed by atoms with E-state index in [0.717, 1.165) is 36.2 Å². The quantitative estimate of drug-likeness (QED) is 0.0573. The summed E-state index contributed by atoms with van der Waals surface area (Å²) in [4.78, 5) is 45.8. The number of anilines is 1. The van der Waals surface area contributed by atoms with E-state index in [1.54, 1.807) is 37.3 Å². The molecule has 2 heterocycles. The Bertz CT molecular complexity index is 1540. The topological polar surface area (TPSA) is 115 Å². The normalized spacial score (nSPS) is 15.9. The van der Waals surface area contributed by atoms with Gasteiger partial charge in [-0.25, -0.2) is 9.78 Å². The van der Waals surface area contributed by atoms with Crippen LogP contribution >= 0.6 is 11.3 Å². The smallest absolute Gasteiger partial charge is 0.350 e. The number of thiazole rings is 1. The third-order valence-electron chi connectivity index (χ3n) is 6.87. The van der Waals surface area contributed by atoms with Crippen LogP contribution < -0.4 is 14.4 Å². The Labute approximate surface area is 255 Å².